The number of hydrogen-bond acceptors (Lipinski definition) is 4. The molecule has 0 aromatic heterocycles. The summed E-state index contributed by atoms with van der Waals surface area (Å²) >= 11 is 0. The van der Waals surface area contributed by atoms with Crippen LogP contribution in [0.5, 0.6) is 0 Å². The van der Waals surface area contributed by atoms with Crippen LogP contribution < -0.4 is 11.5 Å². The first-order chi connectivity index (χ1) is 6.50. The van der Waals surface area contributed by atoms with Gasteiger partial charge in [-0.15, -0.1) is 0 Å². The van der Waals surface area contributed by atoms with Gasteiger partial charge in [0.25, 0.3) is 0 Å². The Morgan fingerprint density at radius 3 is 2.79 bits per heavy atom. The summed E-state index contributed by atoms with van der Waals surface area (Å²) in [6.45, 7) is 0. The topological polar surface area (TPSA) is 86.2 Å². The Morgan fingerprint density at radius 1 is 1.36 bits per heavy atom. The minimum atomic E-state index is -3.13. The SMILES string of the molecule is Nc1ccc2c(c1)[C@@H](N)CCS2(=O)=O. The molecule has 0 saturated carbocycles. The molecule has 4 N–H and O–H groups in total. The van der Waals surface area contributed by atoms with Crippen molar-refractivity contribution in [3.63, 3.8) is 0 Å². The van der Waals surface area contributed by atoms with E-state index >= 15 is 0 Å². The molecule has 4 nitrogen and oxygen atoms in total. The summed E-state index contributed by atoms with van der Waals surface area (Å²) in [5, 5.41) is 0. The maximum absolute atomic E-state index is 11.6. The first-order valence-corrected chi connectivity index (χ1v) is 6.04. The molecule has 14 heavy (non-hydrogen) atoms. The molecule has 1 aromatic rings. The van der Waals surface area contributed by atoms with Gasteiger partial charge in [-0.05, 0) is 30.2 Å². The second-order valence-electron chi connectivity index (χ2n) is 3.51. The fourth-order valence-corrected chi connectivity index (χ4v) is 3.32. The molecule has 5 heteroatoms. The van der Waals surface area contributed by atoms with Gasteiger partial charge in [0.2, 0.25) is 0 Å². The fraction of sp³-hybridized carbons (Fsp3) is 0.333. The van der Waals surface area contributed by atoms with Gasteiger partial charge in [0.1, 0.15) is 0 Å². The number of benzene rings is 1. The quantitative estimate of drug-likeness (QED) is 0.611. The van der Waals surface area contributed by atoms with Crippen LogP contribution in [0.15, 0.2) is 23.1 Å². The molecule has 1 heterocycles. The summed E-state index contributed by atoms with van der Waals surface area (Å²) in [7, 11) is -3.13. The van der Waals surface area contributed by atoms with Crippen LogP contribution >= 0.6 is 0 Å². The van der Waals surface area contributed by atoms with Crippen LogP contribution in [0.3, 0.4) is 0 Å². The highest BCUT2D eigenvalue weighted by atomic mass is 32.2. The van der Waals surface area contributed by atoms with Gasteiger partial charge in [0, 0.05) is 11.7 Å². The normalized spacial score (nSPS) is 24.2. The highest BCUT2D eigenvalue weighted by Crippen LogP contribution is 2.31. The Kier molecular flexibility index (Phi) is 2.01. The van der Waals surface area contributed by atoms with Crippen LogP contribution in [0.4, 0.5) is 5.69 Å². The Hall–Kier alpha value is -1.07. The zero-order chi connectivity index (χ0) is 10.3. The van der Waals surface area contributed by atoms with Crippen LogP contribution in [0.25, 0.3) is 0 Å². The molecule has 0 fully saturated rings. The summed E-state index contributed by atoms with van der Waals surface area (Å²) in [4.78, 5) is 0.338. The molecular weight excluding hydrogens is 200 g/mol. The maximum Gasteiger partial charge on any atom is 0.178 e. The van der Waals surface area contributed by atoms with E-state index in [0.29, 0.717) is 22.6 Å². The van der Waals surface area contributed by atoms with Gasteiger partial charge < -0.3 is 11.5 Å². The lowest BCUT2D eigenvalue weighted by atomic mass is 10.0. The number of hydrogen-bond donors (Lipinski definition) is 2. The molecule has 1 aliphatic heterocycles. The van der Waals surface area contributed by atoms with Crippen molar-refractivity contribution in [2.24, 2.45) is 5.73 Å². The molecule has 0 amide bonds. The van der Waals surface area contributed by atoms with Crippen molar-refractivity contribution in [2.45, 2.75) is 17.4 Å². The van der Waals surface area contributed by atoms with Gasteiger partial charge in [0.15, 0.2) is 9.84 Å². The monoisotopic (exact) mass is 212 g/mol. The molecule has 0 aliphatic carbocycles. The molecule has 0 spiro atoms. The van der Waals surface area contributed by atoms with E-state index in [1.165, 1.54) is 0 Å². The number of sulfone groups is 1. The minimum Gasteiger partial charge on any atom is -0.399 e. The lowest BCUT2D eigenvalue weighted by molar-refractivity contribution is 0.569. The zero-order valence-corrected chi connectivity index (χ0v) is 8.42. The molecule has 0 bridgehead atoms. The number of fused-ring (bicyclic) bond motifs is 1. The summed E-state index contributed by atoms with van der Waals surface area (Å²) in [5.41, 5.74) is 12.6. The highest BCUT2D eigenvalue weighted by Gasteiger charge is 2.27. The molecule has 76 valence electrons. The van der Waals surface area contributed by atoms with Gasteiger partial charge in [-0.3, -0.25) is 0 Å². The van der Waals surface area contributed by atoms with Gasteiger partial charge in [0.05, 0.1) is 10.6 Å². The van der Waals surface area contributed by atoms with Crippen molar-refractivity contribution in [1.82, 2.24) is 0 Å². The Morgan fingerprint density at radius 2 is 2.07 bits per heavy atom. The van der Waals surface area contributed by atoms with Crippen molar-refractivity contribution < 1.29 is 8.42 Å². The lowest BCUT2D eigenvalue weighted by Gasteiger charge is -2.22. The first kappa shape index (κ1) is 9.48. The van der Waals surface area contributed by atoms with Crippen molar-refractivity contribution in [1.29, 1.82) is 0 Å². The van der Waals surface area contributed by atoms with Crippen molar-refractivity contribution in [3.8, 4) is 0 Å². The molecule has 1 aliphatic rings. The van der Waals surface area contributed by atoms with E-state index < -0.39 is 9.84 Å². The summed E-state index contributed by atoms with van der Waals surface area (Å²) < 4.78 is 23.3. The smallest absolute Gasteiger partial charge is 0.178 e. The van der Waals surface area contributed by atoms with Crippen molar-refractivity contribution in [3.05, 3.63) is 23.8 Å². The summed E-state index contributed by atoms with van der Waals surface area (Å²) in [6.07, 6.45) is 0.471. The van der Waals surface area contributed by atoms with E-state index in [0.717, 1.165) is 0 Å². The third-order valence-corrected chi connectivity index (χ3v) is 4.28. The van der Waals surface area contributed by atoms with E-state index in [9.17, 15) is 8.42 Å². The molecule has 1 aromatic carbocycles. The lowest BCUT2D eigenvalue weighted by Crippen LogP contribution is -2.25. The maximum atomic E-state index is 11.6. The molecule has 2 rings (SSSR count). The first-order valence-electron chi connectivity index (χ1n) is 4.38. The average Bonchev–Trinajstić information content (AvgIpc) is 2.12. The van der Waals surface area contributed by atoms with E-state index in [1.54, 1.807) is 18.2 Å². The number of nitrogen functional groups attached to an aromatic ring is 1. The molecule has 0 radical (unpaired) electrons. The standard InChI is InChI=1S/C9H12N2O2S/c10-6-1-2-9-7(5-6)8(11)3-4-14(9,12)13/h1-2,5,8H,3-4,10-11H2/t8-/m0/s1. The Labute approximate surface area is 82.8 Å². The average molecular weight is 212 g/mol. The van der Waals surface area contributed by atoms with E-state index in [4.69, 9.17) is 11.5 Å². The molecule has 0 saturated heterocycles. The molecular formula is C9H12N2O2S. The number of anilines is 1. The Balaban J connectivity index is 2.69. The van der Waals surface area contributed by atoms with E-state index in [-0.39, 0.29) is 11.8 Å². The second-order valence-corrected chi connectivity index (χ2v) is 5.59. The summed E-state index contributed by atoms with van der Waals surface area (Å²) in [6, 6.07) is 4.57. The number of rotatable bonds is 0. The van der Waals surface area contributed by atoms with Gasteiger partial charge in [-0.1, -0.05) is 0 Å². The third kappa shape index (κ3) is 1.38. The van der Waals surface area contributed by atoms with Gasteiger partial charge >= 0.3 is 0 Å². The third-order valence-electron chi connectivity index (χ3n) is 2.47. The van der Waals surface area contributed by atoms with Crippen molar-refractivity contribution >= 4 is 15.5 Å². The molecule has 1 atom stereocenters. The second kappa shape index (κ2) is 2.96. The minimum absolute atomic E-state index is 0.130. The zero-order valence-electron chi connectivity index (χ0n) is 7.60. The van der Waals surface area contributed by atoms with E-state index in [2.05, 4.69) is 0 Å². The predicted molar refractivity (Wildman–Crippen MR) is 54.5 cm³/mol. The fourth-order valence-electron chi connectivity index (χ4n) is 1.69. The Bertz CT molecular complexity index is 468. The largest absolute Gasteiger partial charge is 0.399 e. The van der Waals surface area contributed by atoms with E-state index in [1.807, 2.05) is 0 Å². The van der Waals surface area contributed by atoms with Crippen LogP contribution in [0.2, 0.25) is 0 Å². The van der Waals surface area contributed by atoms with Crippen LogP contribution in [-0.2, 0) is 9.84 Å². The van der Waals surface area contributed by atoms with Crippen molar-refractivity contribution in [2.75, 3.05) is 11.5 Å². The van der Waals surface area contributed by atoms with Gasteiger partial charge in [-0.25, -0.2) is 8.42 Å². The molecule has 0 unspecified atom stereocenters. The van der Waals surface area contributed by atoms with Crippen LogP contribution in [-0.4, -0.2) is 14.2 Å². The predicted octanol–water partition coefficient (Wildman–Crippen LogP) is 0.446. The van der Waals surface area contributed by atoms with Crippen LogP contribution in [0.1, 0.15) is 18.0 Å². The highest BCUT2D eigenvalue weighted by molar-refractivity contribution is 7.91. The summed E-state index contributed by atoms with van der Waals surface area (Å²) in [5.74, 6) is 0.130. The van der Waals surface area contributed by atoms with Gasteiger partial charge in [-0.2, -0.15) is 0 Å². The number of nitrogens with two attached hydrogens (primary N) is 2. The van der Waals surface area contributed by atoms with Crippen LogP contribution in [0, 0.1) is 0 Å².